The van der Waals surface area contributed by atoms with Gasteiger partial charge in [-0.25, -0.2) is 0 Å². The zero-order valence-electron chi connectivity index (χ0n) is 11.5. The van der Waals surface area contributed by atoms with Crippen LogP contribution in [0.1, 0.15) is 10.4 Å². The van der Waals surface area contributed by atoms with E-state index in [1.54, 1.807) is 32.4 Å². The minimum atomic E-state index is -0.300. The van der Waals surface area contributed by atoms with E-state index in [0.29, 0.717) is 24.4 Å². The second-order valence-electron chi connectivity index (χ2n) is 4.24. The first-order valence-corrected chi connectivity index (χ1v) is 6.81. The molecule has 1 rings (SSSR count). The number of rotatable bonds is 6. The molecule has 0 saturated carbocycles. The van der Waals surface area contributed by atoms with Crippen LogP contribution in [0.25, 0.3) is 0 Å². The van der Waals surface area contributed by atoms with Gasteiger partial charge >= 0.3 is 0 Å². The van der Waals surface area contributed by atoms with Crippen molar-refractivity contribution in [3.63, 3.8) is 0 Å². The Morgan fingerprint density at radius 2 is 2.15 bits per heavy atom. The maximum absolute atomic E-state index is 12.2. The van der Waals surface area contributed by atoms with Crippen molar-refractivity contribution in [2.24, 2.45) is 0 Å². The molecule has 110 valence electrons. The number of nitrogens with one attached hydrogen (secondary N) is 1. The van der Waals surface area contributed by atoms with E-state index in [9.17, 15) is 9.59 Å². The Bertz CT molecular complexity index is 494. The van der Waals surface area contributed by atoms with Crippen molar-refractivity contribution >= 4 is 33.4 Å². The summed E-state index contributed by atoms with van der Waals surface area (Å²) in [5.41, 5.74) is 6.52. The van der Waals surface area contributed by atoms with Gasteiger partial charge in [0.25, 0.3) is 5.91 Å². The van der Waals surface area contributed by atoms with E-state index in [1.807, 2.05) is 0 Å². The van der Waals surface area contributed by atoms with E-state index in [2.05, 4.69) is 21.2 Å². The highest BCUT2D eigenvalue weighted by Gasteiger charge is 2.17. The molecule has 0 saturated heterocycles. The largest absolute Gasteiger partial charge is 0.398 e. The molecule has 0 heterocycles. The summed E-state index contributed by atoms with van der Waals surface area (Å²) in [5.74, 6) is -0.544. The molecule has 6 nitrogen and oxygen atoms in total. The minimum absolute atomic E-state index is 0.0332. The van der Waals surface area contributed by atoms with E-state index < -0.39 is 0 Å². The predicted octanol–water partition coefficient (Wildman–Crippen LogP) is 0.866. The maximum Gasteiger partial charge on any atom is 0.256 e. The first-order chi connectivity index (χ1) is 9.45. The highest BCUT2D eigenvalue weighted by molar-refractivity contribution is 9.10. The second kappa shape index (κ2) is 7.86. The lowest BCUT2D eigenvalue weighted by atomic mass is 10.1. The smallest absolute Gasteiger partial charge is 0.256 e. The summed E-state index contributed by atoms with van der Waals surface area (Å²) in [6, 6.07) is 5.03. The van der Waals surface area contributed by atoms with Crippen molar-refractivity contribution in [2.75, 3.05) is 39.6 Å². The third-order valence-electron chi connectivity index (χ3n) is 2.60. The fourth-order valence-corrected chi connectivity index (χ4v) is 1.92. The van der Waals surface area contributed by atoms with Crippen LogP contribution in [0.5, 0.6) is 0 Å². The monoisotopic (exact) mass is 343 g/mol. The van der Waals surface area contributed by atoms with Crippen LogP contribution in [0.4, 0.5) is 5.69 Å². The first kappa shape index (κ1) is 16.5. The number of methoxy groups -OCH3 is 1. The molecule has 0 unspecified atom stereocenters. The number of hydrogen-bond donors (Lipinski definition) is 2. The lowest BCUT2D eigenvalue weighted by molar-refractivity contribution is -0.121. The molecule has 0 aliphatic heterocycles. The standard InChI is InChI=1S/C13H18BrN3O3/c1-17(8-12(18)16-5-6-20-2)13(19)10-7-9(14)3-4-11(10)15/h3-4,7H,5-6,8,15H2,1-2H3,(H,16,18). The van der Waals surface area contributed by atoms with Gasteiger partial charge in [-0.2, -0.15) is 0 Å². The van der Waals surface area contributed by atoms with Crippen LogP contribution in [-0.2, 0) is 9.53 Å². The third kappa shape index (κ3) is 4.82. The zero-order chi connectivity index (χ0) is 15.1. The van der Waals surface area contributed by atoms with Gasteiger partial charge in [0.05, 0.1) is 18.7 Å². The Morgan fingerprint density at radius 1 is 1.45 bits per heavy atom. The van der Waals surface area contributed by atoms with E-state index in [1.165, 1.54) is 4.90 Å². The number of carbonyl (C=O) groups excluding carboxylic acids is 2. The number of nitrogens with two attached hydrogens (primary N) is 1. The Hall–Kier alpha value is -1.60. The molecule has 0 radical (unpaired) electrons. The lowest BCUT2D eigenvalue weighted by Crippen LogP contribution is -2.39. The van der Waals surface area contributed by atoms with Gasteiger partial charge < -0.3 is 20.7 Å². The fourth-order valence-electron chi connectivity index (χ4n) is 1.55. The molecule has 0 fully saturated rings. The average molecular weight is 344 g/mol. The van der Waals surface area contributed by atoms with Crippen molar-refractivity contribution in [1.29, 1.82) is 0 Å². The Kier molecular flexibility index (Phi) is 6.47. The fraction of sp³-hybridized carbons (Fsp3) is 0.385. The Labute approximate surface area is 126 Å². The van der Waals surface area contributed by atoms with Crippen molar-refractivity contribution in [3.8, 4) is 0 Å². The molecule has 0 aliphatic carbocycles. The Morgan fingerprint density at radius 3 is 2.80 bits per heavy atom. The van der Waals surface area contributed by atoms with Crippen molar-refractivity contribution in [1.82, 2.24) is 10.2 Å². The second-order valence-corrected chi connectivity index (χ2v) is 5.15. The lowest BCUT2D eigenvalue weighted by Gasteiger charge is -2.18. The van der Waals surface area contributed by atoms with Gasteiger partial charge in [-0.1, -0.05) is 15.9 Å². The summed E-state index contributed by atoms with van der Waals surface area (Å²) < 4.78 is 5.58. The third-order valence-corrected chi connectivity index (χ3v) is 3.09. The van der Waals surface area contributed by atoms with Crippen molar-refractivity contribution in [2.45, 2.75) is 0 Å². The highest BCUT2D eigenvalue weighted by atomic mass is 79.9. The number of amides is 2. The Balaban J connectivity index is 2.62. The molecule has 2 amide bonds. The van der Waals surface area contributed by atoms with E-state index in [4.69, 9.17) is 10.5 Å². The SMILES string of the molecule is COCCNC(=O)CN(C)C(=O)c1cc(Br)ccc1N. The number of anilines is 1. The molecule has 20 heavy (non-hydrogen) atoms. The van der Waals surface area contributed by atoms with Gasteiger partial charge in [-0.05, 0) is 18.2 Å². The molecule has 3 N–H and O–H groups in total. The summed E-state index contributed by atoms with van der Waals surface area (Å²) in [5, 5.41) is 2.65. The van der Waals surface area contributed by atoms with Gasteiger partial charge in [0, 0.05) is 30.9 Å². The predicted molar refractivity (Wildman–Crippen MR) is 80.4 cm³/mol. The zero-order valence-corrected chi connectivity index (χ0v) is 13.1. The number of hydrogen-bond acceptors (Lipinski definition) is 4. The van der Waals surface area contributed by atoms with E-state index >= 15 is 0 Å². The van der Waals surface area contributed by atoms with Gasteiger partial charge in [-0.15, -0.1) is 0 Å². The topological polar surface area (TPSA) is 84.7 Å². The van der Waals surface area contributed by atoms with Crippen LogP contribution in [0.15, 0.2) is 22.7 Å². The summed E-state index contributed by atoms with van der Waals surface area (Å²) >= 11 is 3.29. The van der Waals surface area contributed by atoms with Gasteiger partial charge in [0.2, 0.25) is 5.91 Å². The van der Waals surface area contributed by atoms with Crippen molar-refractivity contribution in [3.05, 3.63) is 28.2 Å². The summed E-state index contributed by atoms with van der Waals surface area (Å²) in [4.78, 5) is 25.1. The number of likely N-dealkylation sites (N-methyl/N-ethyl adjacent to an activating group) is 1. The molecule has 0 atom stereocenters. The molecule has 1 aromatic rings. The van der Waals surface area contributed by atoms with Crippen LogP contribution >= 0.6 is 15.9 Å². The number of halogens is 1. The highest BCUT2D eigenvalue weighted by Crippen LogP contribution is 2.19. The van der Waals surface area contributed by atoms with Crippen LogP contribution in [0, 0.1) is 0 Å². The number of nitrogens with zero attached hydrogens (tertiary/aromatic N) is 1. The average Bonchev–Trinajstić information content (AvgIpc) is 2.41. The quantitative estimate of drug-likeness (QED) is 0.592. The molecule has 0 bridgehead atoms. The molecule has 7 heteroatoms. The summed E-state index contributed by atoms with van der Waals surface area (Å²) in [6.07, 6.45) is 0. The molecular weight excluding hydrogens is 326 g/mol. The van der Waals surface area contributed by atoms with Crippen LogP contribution < -0.4 is 11.1 Å². The van der Waals surface area contributed by atoms with E-state index in [-0.39, 0.29) is 18.4 Å². The first-order valence-electron chi connectivity index (χ1n) is 6.02. The minimum Gasteiger partial charge on any atom is -0.398 e. The number of carbonyl (C=O) groups is 2. The van der Waals surface area contributed by atoms with Gasteiger partial charge in [0.1, 0.15) is 0 Å². The van der Waals surface area contributed by atoms with Crippen LogP contribution in [-0.4, -0.2) is 50.6 Å². The number of nitrogen functional groups attached to an aromatic ring is 1. The summed E-state index contributed by atoms with van der Waals surface area (Å²) in [7, 11) is 3.11. The molecule has 0 aromatic heterocycles. The molecule has 1 aromatic carbocycles. The van der Waals surface area contributed by atoms with E-state index in [0.717, 1.165) is 4.47 Å². The maximum atomic E-state index is 12.2. The number of benzene rings is 1. The molecular formula is C13H18BrN3O3. The van der Waals surface area contributed by atoms with Gasteiger partial charge in [0.15, 0.2) is 0 Å². The molecule has 0 aliphatic rings. The molecule has 0 spiro atoms. The van der Waals surface area contributed by atoms with Crippen LogP contribution in [0.3, 0.4) is 0 Å². The summed E-state index contributed by atoms with van der Waals surface area (Å²) in [6.45, 7) is 0.812. The van der Waals surface area contributed by atoms with Gasteiger partial charge in [-0.3, -0.25) is 9.59 Å². The normalized spacial score (nSPS) is 10.2. The number of ether oxygens (including phenoxy) is 1. The van der Waals surface area contributed by atoms with Crippen LogP contribution in [0.2, 0.25) is 0 Å². The van der Waals surface area contributed by atoms with Crippen molar-refractivity contribution < 1.29 is 14.3 Å².